The first-order valence-electron chi connectivity index (χ1n) is 6.39. The van der Waals surface area contributed by atoms with Crippen molar-refractivity contribution >= 4 is 5.96 Å². The number of rotatable bonds is 5. The highest BCUT2D eigenvalue weighted by atomic mass is 15.3. The quantitative estimate of drug-likeness (QED) is 0.451. The van der Waals surface area contributed by atoms with Gasteiger partial charge in [-0.15, -0.1) is 16.8 Å². The van der Waals surface area contributed by atoms with E-state index in [4.69, 9.17) is 0 Å². The van der Waals surface area contributed by atoms with Gasteiger partial charge in [-0.3, -0.25) is 0 Å². The Balaban J connectivity index is 1.99. The predicted molar refractivity (Wildman–Crippen MR) is 71.4 cm³/mol. The Morgan fingerprint density at radius 2 is 2.39 bits per heavy atom. The van der Waals surface area contributed by atoms with Gasteiger partial charge >= 0.3 is 0 Å². The van der Waals surface area contributed by atoms with E-state index in [-0.39, 0.29) is 0 Å². The van der Waals surface area contributed by atoms with E-state index in [0.29, 0.717) is 13.1 Å². The summed E-state index contributed by atoms with van der Waals surface area (Å²) in [6.45, 7) is 8.82. The third-order valence-electron chi connectivity index (χ3n) is 2.82. The number of aliphatic imine (C=N–C) groups is 1. The van der Waals surface area contributed by atoms with Gasteiger partial charge in [0.25, 0.3) is 0 Å². The Morgan fingerprint density at radius 1 is 1.50 bits per heavy atom. The van der Waals surface area contributed by atoms with Crippen molar-refractivity contribution in [1.82, 2.24) is 25.4 Å². The molecule has 0 amide bonds. The highest BCUT2D eigenvalue weighted by Gasteiger charge is 2.16. The van der Waals surface area contributed by atoms with Crippen LogP contribution in [-0.2, 0) is 19.5 Å². The van der Waals surface area contributed by atoms with E-state index < -0.39 is 0 Å². The van der Waals surface area contributed by atoms with Crippen LogP contribution in [0.4, 0.5) is 0 Å². The molecule has 2 N–H and O–H groups in total. The maximum Gasteiger partial charge on any atom is 0.191 e. The summed E-state index contributed by atoms with van der Waals surface area (Å²) in [5.74, 6) is 2.82. The largest absolute Gasteiger partial charge is 0.357 e. The molecule has 1 aromatic rings. The number of nitrogens with zero attached hydrogens (tertiary/aromatic N) is 4. The van der Waals surface area contributed by atoms with Crippen molar-refractivity contribution < 1.29 is 0 Å². The van der Waals surface area contributed by atoms with E-state index in [9.17, 15) is 0 Å². The molecular formula is C12H20N6. The Hall–Kier alpha value is -1.85. The molecular weight excluding hydrogens is 228 g/mol. The number of fused-ring (bicyclic) bond motifs is 1. The molecule has 0 fully saturated rings. The van der Waals surface area contributed by atoms with Gasteiger partial charge in [-0.2, -0.15) is 0 Å². The fraction of sp³-hybridized carbons (Fsp3) is 0.583. The Bertz CT molecular complexity index is 434. The summed E-state index contributed by atoms with van der Waals surface area (Å²) in [7, 11) is 0. The van der Waals surface area contributed by atoms with E-state index in [2.05, 4.69) is 37.0 Å². The van der Waals surface area contributed by atoms with Crippen LogP contribution in [0.5, 0.6) is 0 Å². The summed E-state index contributed by atoms with van der Waals surface area (Å²) in [4.78, 5) is 4.49. The molecule has 0 spiro atoms. The lowest BCUT2D eigenvalue weighted by atomic mass is 10.4. The maximum atomic E-state index is 4.49. The van der Waals surface area contributed by atoms with E-state index in [1.165, 1.54) is 0 Å². The van der Waals surface area contributed by atoms with E-state index in [0.717, 1.165) is 43.5 Å². The number of aromatic nitrogens is 3. The Morgan fingerprint density at radius 3 is 3.17 bits per heavy atom. The van der Waals surface area contributed by atoms with Crippen molar-refractivity contribution in [2.45, 2.75) is 32.9 Å². The van der Waals surface area contributed by atoms with Crippen LogP contribution in [0.3, 0.4) is 0 Å². The average Bonchev–Trinajstić information content (AvgIpc) is 2.96. The maximum absolute atomic E-state index is 4.49. The number of aryl methyl sites for hydroxylation is 1. The first-order valence-corrected chi connectivity index (χ1v) is 6.39. The summed E-state index contributed by atoms with van der Waals surface area (Å²) < 4.78 is 2.17. The van der Waals surface area contributed by atoms with Crippen LogP contribution in [0.25, 0.3) is 0 Å². The van der Waals surface area contributed by atoms with Crippen LogP contribution in [0.15, 0.2) is 17.6 Å². The van der Waals surface area contributed by atoms with E-state index in [1.54, 1.807) is 0 Å². The molecule has 0 unspecified atom stereocenters. The normalized spacial score (nSPS) is 14.4. The second kappa shape index (κ2) is 6.18. The van der Waals surface area contributed by atoms with Gasteiger partial charge in [-0.25, -0.2) is 4.99 Å². The van der Waals surface area contributed by atoms with Gasteiger partial charge < -0.3 is 15.2 Å². The lowest BCUT2D eigenvalue weighted by Gasteiger charge is -2.09. The molecule has 0 radical (unpaired) electrons. The van der Waals surface area contributed by atoms with E-state index >= 15 is 0 Å². The lowest BCUT2D eigenvalue weighted by molar-refractivity contribution is 0.685. The van der Waals surface area contributed by atoms with Crippen LogP contribution in [-0.4, -0.2) is 33.8 Å². The van der Waals surface area contributed by atoms with Crippen molar-refractivity contribution in [3.63, 3.8) is 0 Å². The summed E-state index contributed by atoms with van der Waals surface area (Å²) in [5.41, 5.74) is 0. The highest BCUT2D eigenvalue weighted by molar-refractivity contribution is 5.79. The van der Waals surface area contributed by atoms with Gasteiger partial charge in [0, 0.05) is 26.1 Å². The molecule has 0 aromatic carbocycles. The zero-order valence-electron chi connectivity index (χ0n) is 10.8. The number of nitrogens with one attached hydrogen (secondary N) is 2. The Kier molecular flexibility index (Phi) is 4.33. The standard InChI is InChI=1S/C12H20N6/c1-3-7-14-12(13-4-2)15-9-11-17-16-10-6-5-8-18(10)11/h3H,1,4-9H2,2H3,(H2,13,14,15). The van der Waals surface area contributed by atoms with Gasteiger partial charge in [0.2, 0.25) is 0 Å². The topological polar surface area (TPSA) is 67.1 Å². The van der Waals surface area contributed by atoms with Crippen molar-refractivity contribution in [3.05, 3.63) is 24.3 Å². The number of hydrogen-bond donors (Lipinski definition) is 2. The molecule has 6 nitrogen and oxygen atoms in total. The minimum atomic E-state index is 0.555. The molecule has 0 atom stereocenters. The van der Waals surface area contributed by atoms with Crippen LogP contribution in [0.2, 0.25) is 0 Å². The first-order chi connectivity index (χ1) is 8.85. The van der Waals surface area contributed by atoms with Crippen LogP contribution >= 0.6 is 0 Å². The second-order valence-electron chi connectivity index (χ2n) is 4.15. The smallest absolute Gasteiger partial charge is 0.191 e. The third kappa shape index (κ3) is 2.88. The summed E-state index contributed by atoms with van der Waals surface area (Å²) in [5, 5.41) is 14.7. The molecule has 98 valence electrons. The zero-order valence-corrected chi connectivity index (χ0v) is 10.8. The molecule has 2 heterocycles. The van der Waals surface area contributed by atoms with Crippen LogP contribution < -0.4 is 10.6 Å². The molecule has 0 bridgehead atoms. The molecule has 0 saturated heterocycles. The fourth-order valence-corrected chi connectivity index (χ4v) is 1.99. The fourth-order valence-electron chi connectivity index (χ4n) is 1.99. The molecule has 1 aliphatic rings. The van der Waals surface area contributed by atoms with Crippen molar-refractivity contribution in [2.24, 2.45) is 4.99 Å². The summed E-state index contributed by atoms with van der Waals surface area (Å²) in [6.07, 6.45) is 4.00. The molecule has 1 aromatic heterocycles. The number of hydrogen-bond acceptors (Lipinski definition) is 3. The third-order valence-corrected chi connectivity index (χ3v) is 2.82. The molecule has 18 heavy (non-hydrogen) atoms. The summed E-state index contributed by atoms with van der Waals surface area (Å²) in [6, 6.07) is 0. The molecule has 0 saturated carbocycles. The van der Waals surface area contributed by atoms with Gasteiger partial charge in [0.1, 0.15) is 12.4 Å². The van der Waals surface area contributed by atoms with Gasteiger partial charge in [0.05, 0.1) is 0 Å². The minimum absolute atomic E-state index is 0.555. The lowest BCUT2D eigenvalue weighted by Crippen LogP contribution is -2.37. The highest BCUT2D eigenvalue weighted by Crippen LogP contribution is 2.14. The zero-order chi connectivity index (χ0) is 12.8. The van der Waals surface area contributed by atoms with Crippen LogP contribution in [0.1, 0.15) is 25.0 Å². The van der Waals surface area contributed by atoms with Crippen molar-refractivity contribution in [2.75, 3.05) is 13.1 Å². The van der Waals surface area contributed by atoms with Gasteiger partial charge in [-0.05, 0) is 13.3 Å². The van der Waals surface area contributed by atoms with E-state index in [1.807, 2.05) is 13.0 Å². The molecule has 1 aliphatic heterocycles. The SMILES string of the molecule is C=CCNC(=NCc1nnc2n1CCC2)NCC. The first kappa shape index (κ1) is 12.6. The Labute approximate surface area is 107 Å². The van der Waals surface area contributed by atoms with Crippen LogP contribution in [0, 0.1) is 0 Å². The van der Waals surface area contributed by atoms with Gasteiger partial charge in [0.15, 0.2) is 11.8 Å². The molecule has 0 aliphatic carbocycles. The second-order valence-corrected chi connectivity index (χ2v) is 4.15. The van der Waals surface area contributed by atoms with Crippen molar-refractivity contribution in [1.29, 1.82) is 0 Å². The summed E-state index contributed by atoms with van der Waals surface area (Å²) >= 11 is 0. The average molecular weight is 248 g/mol. The minimum Gasteiger partial charge on any atom is -0.357 e. The monoisotopic (exact) mass is 248 g/mol. The molecule has 2 rings (SSSR count). The van der Waals surface area contributed by atoms with Crippen molar-refractivity contribution in [3.8, 4) is 0 Å². The predicted octanol–water partition coefficient (Wildman–Crippen LogP) is 0.465. The number of guanidine groups is 1. The van der Waals surface area contributed by atoms with Gasteiger partial charge in [-0.1, -0.05) is 6.08 Å². The molecule has 6 heteroatoms.